The number of allylic oxidation sites excluding steroid dienone is 1. The van der Waals surface area contributed by atoms with Gasteiger partial charge in [0.15, 0.2) is 0 Å². The van der Waals surface area contributed by atoms with Crippen molar-refractivity contribution in [2.24, 2.45) is 0 Å². The zero-order valence-electron chi connectivity index (χ0n) is 7.96. The lowest BCUT2D eigenvalue weighted by Gasteiger charge is -1.98. The Morgan fingerprint density at radius 2 is 2.08 bits per heavy atom. The van der Waals surface area contributed by atoms with Crippen LogP contribution >= 0.6 is 0 Å². The van der Waals surface area contributed by atoms with Gasteiger partial charge in [-0.15, -0.1) is 0 Å². The third-order valence-electron chi connectivity index (χ3n) is 1.59. The van der Waals surface area contributed by atoms with Crippen LogP contribution in [0.15, 0.2) is 12.3 Å². The number of unbranched alkanes of at least 4 members (excludes halogenated alkanes) is 3. The number of ether oxygens (including phenoxy) is 1. The van der Waals surface area contributed by atoms with Crippen molar-refractivity contribution in [3.8, 4) is 0 Å². The molecule has 1 N–H and O–H groups in total. The van der Waals surface area contributed by atoms with Gasteiger partial charge in [0.2, 0.25) is 0 Å². The van der Waals surface area contributed by atoms with Crippen molar-refractivity contribution in [1.29, 1.82) is 0 Å². The minimum atomic E-state index is 0.267. The van der Waals surface area contributed by atoms with Gasteiger partial charge in [0, 0.05) is 6.61 Å². The quantitative estimate of drug-likeness (QED) is 0.450. The van der Waals surface area contributed by atoms with Gasteiger partial charge in [-0.05, 0) is 31.8 Å². The van der Waals surface area contributed by atoms with E-state index < -0.39 is 0 Å². The maximum absolute atomic E-state index is 8.47. The first-order valence-electron chi connectivity index (χ1n) is 4.79. The van der Waals surface area contributed by atoms with E-state index in [4.69, 9.17) is 9.84 Å². The molecule has 0 heterocycles. The molecule has 0 atom stereocenters. The van der Waals surface area contributed by atoms with Crippen LogP contribution < -0.4 is 0 Å². The highest BCUT2D eigenvalue weighted by Crippen LogP contribution is 1.95. The van der Waals surface area contributed by atoms with Gasteiger partial charge < -0.3 is 9.84 Å². The van der Waals surface area contributed by atoms with Gasteiger partial charge in [0.1, 0.15) is 0 Å². The summed E-state index contributed by atoms with van der Waals surface area (Å²) in [5, 5.41) is 8.47. The summed E-state index contributed by atoms with van der Waals surface area (Å²) >= 11 is 0. The van der Waals surface area contributed by atoms with Crippen molar-refractivity contribution in [1.82, 2.24) is 0 Å². The Kier molecular flexibility index (Phi) is 10.1. The molecular formula is C10H20O2. The van der Waals surface area contributed by atoms with Crippen LogP contribution in [0.4, 0.5) is 0 Å². The molecule has 12 heavy (non-hydrogen) atoms. The molecule has 0 bridgehead atoms. The van der Waals surface area contributed by atoms with Crippen LogP contribution in [0.2, 0.25) is 0 Å². The van der Waals surface area contributed by atoms with E-state index >= 15 is 0 Å². The molecule has 2 nitrogen and oxygen atoms in total. The van der Waals surface area contributed by atoms with Gasteiger partial charge in [-0.1, -0.05) is 13.3 Å². The standard InChI is InChI=1S/C10H20O2/c1-2-3-4-6-9-12-10-7-5-8-11/h6,9,11H,2-5,7-8,10H2,1H3. The molecule has 0 rings (SSSR count). The summed E-state index contributed by atoms with van der Waals surface area (Å²) in [5.41, 5.74) is 0. The first-order valence-corrected chi connectivity index (χ1v) is 4.79. The molecule has 0 amide bonds. The van der Waals surface area contributed by atoms with Crippen LogP contribution in [0.25, 0.3) is 0 Å². The summed E-state index contributed by atoms with van der Waals surface area (Å²) in [6, 6.07) is 0. The highest BCUT2D eigenvalue weighted by molar-refractivity contribution is 4.72. The highest BCUT2D eigenvalue weighted by atomic mass is 16.5. The second kappa shape index (κ2) is 10.5. The predicted molar refractivity (Wildman–Crippen MR) is 50.9 cm³/mol. The van der Waals surface area contributed by atoms with Gasteiger partial charge in [-0.2, -0.15) is 0 Å². The Hall–Kier alpha value is -0.500. The van der Waals surface area contributed by atoms with E-state index in [1.165, 1.54) is 12.8 Å². The fourth-order valence-corrected chi connectivity index (χ4v) is 0.823. The van der Waals surface area contributed by atoms with Crippen LogP contribution in [-0.2, 0) is 4.74 Å². The van der Waals surface area contributed by atoms with Crippen LogP contribution in [-0.4, -0.2) is 18.3 Å². The second-order valence-electron chi connectivity index (χ2n) is 2.82. The number of rotatable bonds is 8. The van der Waals surface area contributed by atoms with Gasteiger partial charge in [-0.25, -0.2) is 0 Å². The predicted octanol–water partition coefficient (Wildman–Crippen LogP) is 2.48. The molecule has 0 aromatic heterocycles. The Balaban J connectivity index is 2.92. The maximum atomic E-state index is 8.47. The fourth-order valence-electron chi connectivity index (χ4n) is 0.823. The maximum Gasteiger partial charge on any atom is 0.0874 e. The summed E-state index contributed by atoms with van der Waals surface area (Å²) in [7, 11) is 0. The van der Waals surface area contributed by atoms with Crippen LogP contribution in [0, 0.1) is 0 Å². The largest absolute Gasteiger partial charge is 0.502 e. The molecule has 0 aliphatic rings. The minimum Gasteiger partial charge on any atom is -0.502 e. The Morgan fingerprint density at radius 1 is 1.25 bits per heavy atom. The lowest BCUT2D eigenvalue weighted by atomic mass is 10.2. The van der Waals surface area contributed by atoms with E-state index in [0.29, 0.717) is 0 Å². The van der Waals surface area contributed by atoms with Crippen LogP contribution in [0.1, 0.15) is 39.0 Å². The van der Waals surface area contributed by atoms with E-state index in [-0.39, 0.29) is 6.61 Å². The summed E-state index contributed by atoms with van der Waals surface area (Å²) in [5.74, 6) is 0. The minimum absolute atomic E-state index is 0.267. The molecule has 0 aromatic rings. The van der Waals surface area contributed by atoms with Crippen molar-refractivity contribution < 1.29 is 9.84 Å². The Labute approximate surface area is 75.2 Å². The number of aliphatic hydroxyl groups is 1. The van der Waals surface area contributed by atoms with Crippen molar-refractivity contribution in [3.05, 3.63) is 12.3 Å². The van der Waals surface area contributed by atoms with E-state index in [1.807, 2.05) is 0 Å². The zero-order chi connectivity index (χ0) is 9.07. The van der Waals surface area contributed by atoms with Gasteiger partial charge in [0.05, 0.1) is 12.9 Å². The molecule has 72 valence electrons. The lowest BCUT2D eigenvalue weighted by molar-refractivity contribution is 0.218. The lowest BCUT2D eigenvalue weighted by Crippen LogP contribution is -1.90. The third kappa shape index (κ3) is 9.50. The normalized spacial score (nSPS) is 10.8. The molecule has 0 spiro atoms. The molecule has 0 fully saturated rings. The van der Waals surface area contributed by atoms with E-state index in [1.54, 1.807) is 6.26 Å². The first-order chi connectivity index (χ1) is 5.91. The summed E-state index contributed by atoms with van der Waals surface area (Å²) in [4.78, 5) is 0. The number of hydrogen-bond acceptors (Lipinski definition) is 2. The van der Waals surface area contributed by atoms with Gasteiger partial charge >= 0.3 is 0 Å². The number of aliphatic hydroxyl groups excluding tert-OH is 1. The van der Waals surface area contributed by atoms with Crippen molar-refractivity contribution >= 4 is 0 Å². The zero-order valence-corrected chi connectivity index (χ0v) is 7.96. The van der Waals surface area contributed by atoms with E-state index in [0.717, 1.165) is 25.9 Å². The topological polar surface area (TPSA) is 29.5 Å². The second-order valence-corrected chi connectivity index (χ2v) is 2.82. The monoisotopic (exact) mass is 172 g/mol. The number of hydrogen-bond donors (Lipinski definition) is 1. The average Bonchev–Trinajstić information content (AvgIpc) is 2.10. The Bertz CT molecular complexity index is 100. The molecule has 0 radical (unpaired) electrons. The van der Waals surface area contributed by atoms with E-state index in [2.05, 4.69) is 13.0 Å². The van der Waals surface area contributed by atoms with Crippen molar-refractivity contribution in [2.75, 3.05) is 13.2 Å². The summed E-state index contributed by atoms with van der Waals surface area (Å²) in [6.07, 6.45) is 9.18. The van der Waals surface area contributed by atoms with E-state index in [9.17, 15) is 0 Å². The molecule has 0 aliphatic carbocycles. The van der Waals surface area contributed by atoms with Gasteiger partial charge in [0.25, 0.3) is 0 Å². The SMILES string of the molecule is CCCCC=COCCCCO. The summed E-state index contributed by atoms with van der Waals surface area (Å²) < 4.78 is 5.19. The molecular weight excluding hydrogens is 152 g/mol. The fraction of sp³-hybridized carbons (Fsp3) is 0.800. The van der Waals surface area contributed by atoms with Crippen LogP contribution in [0.3, 0.4) is 0 Å². The molecule has 0 saturated carbocycles. The molecule has 0 aliphatic heterocycles. The van der Waals surface area contributed by atoms with Crippen molar-refractivity contribution in [3.63, 3.8) is 0 Å². The Morgan fingerprint density at radius 3 is 2.75 bits per heavy atom. The molecule has 0 aromatic carbocycles. The van der Waals surface area contributed by atoms with Crippen LogP contribution in [0.5, 0.6) is 0 Å². The molecule has 2 heteroatoms. The first kappa shape index (κ1) is 11.5. The third-order valence-corrected chi connectivity index (χ3v) is 1.59. The summed E-state index contributed by atoms with van der Waals surface area (Å²) in [6.45, 7) is 3.17. The molecule has 0 saturated heterocycles. The van der Waals surface area contributed by atoms with Gasteiger partial charge in [-0.3, -0.25) is 0 Å². The van der Waals surface area contributed by atoms with Crippen molar-refractivity contribution in [2.45, 2.75) is 39.0 Å². The average molecular weight is 172 g/mol. The smallest absolute Gasteiger partial charge is 0.0874 e. The highest BCUT2D eigenvalue weighted by Gasteiger charge is 1.84. The molecule has 0 unspecified atom stereocenters.